The van der Waals surface area contributed by atoms with Crippen LogP contribution in [-0.4, -0.2) is 15.4 Å². The molecule has 2 aromatic carbocycles. The molecule has 4 nitrogen and oxygen atoms in total. The Bertz CT molecular complexity index is 1050. The monoisotopic (exact) mass is 322 g/mol. The molecule has 0 saturated carbocycles. The lowest BCUT2D eigenvalue weighted by Gasteiger charge is -2.13. The van der Waals surface area contributed by atoms with Crippen LogP contribution in [0.15, 0.2) is 48.8 Å². The summed E-state index contributed by atoms with van der Waals surface area (Å²) in [5.41, 5.74) is 4.46. The van der Waals surface area contributed by atoms with Gasteiger partial charge in [-0.1, -0.05) is 26.0 Å². The van der Waals surface area contributed by atoms with Crippen LogP contribution in [0.4, 0.5) is 4.39 Å². The molecule has 4 rings (SSSR count). The normalized spacial score (nSPS) is 11.7. The molecule has 24 heavy (non-hydrogen) atoms. The number of halogens is 1. The van der Waals surface area contributed by atoms with Gasteiger partial charge in [-0.3, -0.25) is 10.3 Å². The van der Waals surface area contributed by atoms with Gasteiger partial charge in [0.05, 0.1) is 17.1 Å². The second-order valence-corrected chi connectivity index (χ2v) is 6.29. The van der Waals surface area contributed by atoms with E-state index in [1.807, 2.05) is 12.1 Å². The minimum absolute atomic E-state index is 0.202. The highest BCUT2D eigenvalue weighted by Crippen LogP contribution is 2.35. The van der Waals surface area contributed by atoms with Gasteiger partial charge in [0.1, 0.15) is 5.82 Å². The number of H-pyrrole nitrogens is 1. The lowest BCUT2D eigenvalue weighted by atomic mass is 9.90. The summed E-state index contributed by atoms with van der Waals surface area (Å²) in [7, 11) is 0. The Labute approximate surface area is 138 Å². The van der Waals surface area contributed by atoms with Crippen molar-refractivity contribution in [3.05, 3.63) is 60.2 Å². The number of aromatic nitrogens is 3. The van der Waals surface area contributed by atoms with Crippen molar-refractivity contribution in [3.8, 4) is 11.1 Å². The van der Waals surface area contributed by atoms with Gasteiger partial charge in [-0.2, -0.15) is 5.10 Å². The topological polar surface area (TPSA) is 52.8 Å². The molecule has 0 spiro atoms. The highest BCUT2D eigenvalue weighted by Gasteiger charge is 2.22. The van der Waals surface area contributed by atoms with E-state index in [1.54, 1.807) is 24.5 Å². The van der Waals surface area contributed by atoms with Crippen LogP contribution in [0.3, 0.4) is 0 Å². The molecule has 0 aliphatic rings. The Balaban J connectivity index is 2.16. The fourth-order valence-corrected chi connectivity index (χ4v) is 3.17. The number of rotatable bonds is 2. The SMILES string of the molecule is CC(C)c1c[n+](O)c2cc3[nH]ncc3cc2c1-c1ccc(F)cc1. The molecular weight excluding hydrogens is 305 g/mol. The maximum atomic E-state index is 13.3. The maximum Gasteiger partial charge on any atom is 0.267 e. The number of fused-ring (bicyclic) bond motifs is 2. The fourth-order valence-electron chi connectivity index (χ4n) is 3.17. The fraction of sp³-hybridized carbons (Fsp3) is 0.158. The average Bonchev–Trinajstić information content (AvgIpc) is 3.01. The Morgan fingerprint density at radius 3 is 2.62 bits per heavy atom. The van der Waals surface area contributed by atoms with E-state index in [1.165, 1.54) is 12.1 Å². The summed E-state index contributed by atoms with van der Waals surface area (Å²) < 4.78 is 14.5. The molecule has 5 heteroatoms. The number of aromatic amines is 1. The van der Waals surface area contributed by atoms with Crippen molar-refractivity contribution in [1.29, 1.82) is 0 Å². The van der Waals surface area contributed by atoms with Crippen LogP contribution in [-0.2, 0) is 0 Å². The molecule has 4 aromatic rings. The van der Waals surface area contributed by atoms with Gasteiger partial charge >= 0.3 is 0 Å². The zero-order valence-corrected chi connectivity index (χ0v) is 13.4. The summed E-state index contributed by atoms with van der Waals surface area (Å²) in [6, 6.07) is 10.3. The molecule has 2 heterocycles. The third-order valence-corrected chi connectivity index (χ3v) is 4.38. The van der Waals surface area contributed by atoms with Gasteiger partial charge in [0, 0.05) is 27.3 Å². The molecule has 0 bridgehead atoms. The highest BCUT2D eigenvalue weighted by molar-refractivity contribution is 6.01. The van der Waals surface area contributed by atoms with E-state index in [-0.39, 0.29) is 11.7 Å². The third kappa shape index (κ3) is 2.21. The molecule has 0 aliphatic heterocycles. The van der Waals surface area contributed by atoms with Crippen LogP contribution in [0.2, 0.25) is 0 Å². The van der Waals surface area contributed by atoms with E-state index < -0.39 is 0 Å². The zero-order valence-electron chi connectivity index (χ0n) is 13.4. The van der Waals surface area contributed by atoms with Crippen molar-refractivity contribution in [2.75, 3.05) is 0 Å². The van der Waals surface area contributed by atoms with Crippen LogP contribution in [0.1, 0.15) is 25.3 Å². The van der Waals surface area contributed by atoms with Gasteiger partial charge in [-0.25, -0.2) is 4.39 Å². The number of hydrogen-bond acceptors (Lipinski definition) is 2. The summed E-state index contributed by atoms with van der Waals surface area (Å²) in [5.74, 6) is -0.0626. The Morgan fingerprint density at radius 2 is 1.92 bits per heavy atom. The Hall–Kier alpha value is -2.95. The van der Waals surface area contributed by atoms with Crippen LogP contribution in [0.25, 0.3) is 32.9 Å². The van der Waals surface area contributed by atoms with Crippen molar-refractivity contribution in [2.24, 2.45) is 0 Å². The lowest BCUT2D eigenvalue weighted by molar-refractivity contribution is -0.884. The molecule has 0 atom stereocenters. The molecule has 0 amide bonds. The average molecular weight is 322 g/mol. The maximum absolute atomic E-state index is 13.3. The Morgan fingerprint density at radius 1 is 1.17 bits per heavy atom. The molecule has 2 aromatic heterocycles. The summed E-state index contributed by atoms with van der Waals surface area (Å²) in [6.45, 7) is 4.15. The van der Waals surface area contributed by atoms with Crippen molar-refractivity contribution >= 4 is 21.8 Å². The molecule has 0 unspecified atom stereocenters. The zero-order chi connectivity index (χ0) is 16.8. The minimum Gasteiger partial charge on any atom is -0.285 e. The molecule has 0 saturated heterocycles. The predicted molar refractivity (Wildman–Crippen MR) is 90.5 cm³/mol. The van der Waals surface area contributed by atoms with Gasteiger partial charge in [0.15, 0.2) is 0 Å². The number of nitrogens with one attached hydrogen (secondary N) is 1. The summed E-state index contributed by atoms with van der Waals surface area (Å²) in [5, 5.41) is 19.3. The van der Waals surface area contributed by atoms with E-state index in [4.69, 9.17) is 0 Å². The highest BCUT2D eigenvalue weighted by atomic mass is 19.1. The second kappa shape index (κ2) is 5.30. The minimum atomic E-state index is -0.264. The molecule has 0 aliphatic carbocycles. The van der Waals surface area contributed by atoms with Crippen LogP contribution >= 0.6 is 0 Å². The van der Waals surface area contributed by atoms with E-state index in [0.717, 1.165) is 37.7 Å². The number of benzene rings is 2. The lowest BCUT2D eigenvalue weighted by Crippen LogP contribution is -2.31. The van der Waals surface area contributed by atoms with Crippen LogP contribution in [0, 0.1) is 5.82 Å². The van der Waals surface area contributed by atoms with Gasteiger partial charge in [0.2, 0.25) is 6.20 Å². The number of hydrogen-bond donors (Lipinski definition) is 2. The molecule has 120 valence electrons. The Kier molecular flexibility index (Phi) is 3.23. The molecule has 2 N–H and O–H groups in total. The van der Waals surface area contributed by atoms with Crippen molar-refractivity contribution in [2.45, 2.75) is 19.8 Å². The largest absolute Gasteiger partial charge is 0.285 e. The van der Waals surface area contributed by atoms with E-state index >= 15 is 0 Å². The molecule has 0 radical (unpaired) electrons. The van der Waals surface area contributed by atoms with E-state index in [2.05, 4.69) is 24.0 Å². The standard InChI is InChI=1S/C19H16FN3O/c1-11(2)16-10-23(24)18-8-17-13(9-21-22-17)7-15(18)19(16)12-3-5-14(20)6-4-12/h3-11,24H,1-2H3/p+1. The number of nitrogens with zero attached hydrogens (tertiary/aromatic N) is 2. The third-order valence-electron chi connectivity index (χ3n) is 4.38. The summed E-state index contributed by atoms with van der Waals surface area (Å²) in [6.07, 6.45) is 3.49. The first-order chi connectivity index (χ1) is 11.5. The first-order valence-electron chi connectivity index (χ1n) is 7.85. The molecule has 0 fully saturated rings. The predicted octanol–water partition coefficient (Wildman–Crippen LogP) is 4.17. The van der Waals surface area contributed by atoms with Crippen LogP contribution in [0.5, 0.6) is 0 Å². The first-order valence-corrected chi connectivity index (χ1v) is 7.85. The van der Waals surface area contributed by atoms with Gasteiger partial charge in [0.25, 0.3) is 5.52 Å². The first kappa shape index (κ1) is 14.6. The van der Waals surface area contributed by atoms with Crippen molar-refractivity contribution in [1.82, 2.24) is 10.2 Å². The quantitative estimate of drug-likeness (QED) is 0.430. The number of pyridine rings is 1. The van der Waals surface area contributed by atoms with Gasteiger partial charge < -0.3 is 0 Å². The van der Waals surface area contributed by atoms with E-state index in [9.17, 15) is 9.60 Å². The van der Waals surface area contributed by atoms with Crippen molar-refractivity contribution < 1.29 is 14.3 Å². The molecular formula is C19H17FN3O+. The van der Waals surface area contributed by atoms with Gasteiger partial charge in [-0.05, 0) is 29.7 Å². The van der Waals surface area contributed by atoms with E-state index in [0.29, 0.717) is 5.52 Å². The summed E-state index contributed by atoms with van der Waals surface area (Å²) >= 11 is 0. The second-order valence-electron chi connectivity index (χ2n) is 6.29. The van der Waals surface area contributed by atoms with Crippen LogP contribution < -0.4 is 4.73 Å². The van der Waals surface area contributed by atoms with Crippen molar-refractivity contribution in [3.63, 3.8) is 0 Å². The van der Waals surface area contributed by atoms with Gasteiger partial charge in [-0.15, -0.1) is 0 Å². The summed E-state index contributed by atoms with van der Waals surface area (Å²) in [4.78, 5) is 0. The smallest absolute Gasteiger partial charge is 0.267 e.